The molecule has 1 fully saturated rings. The van der Waals surface area contributed by atoms with Crippen molar-refractivity contribution in [3.05, 3.63) is 24.0 Å². The van der Waals surface area contributed by atoms with E-state index in [0.717, 1.165) is 25.0 Å². The second kappa shape index (κ2) is 4.84. The molecule has 0 bridgehead atoms. The third kappa shape index (κ3) is 2.63. The molecular formula is C13H22N2. The van der Waals surface area contributed by atoms with Gasteiger partial charge in [-0.15, -0.1) is 0 Å². The number of nitrogens with one attached hydrogen (secondary N) is 1. The van der Waals surface area contributed by atoms with Gasteiger partial charge in [0.1, 0.15) is 0 Å². The fourth-order valence-electron chi connectivity index (χ4n) is 2.49. The van der Waals surface area contributed by atoms with Crippen molar-refractivity contribution in [1.29, 1.82) is 0 Å². The lowest BCUT2D eigenvalue weighted by atomic mass is 10.1. The second-order valence-electron chi connectivity index (χ2n) is 4.75. The summed E-state index contributed by atoms with van der Waals surface area (Å²) in [6.07, 6.45) is 8.56. The second-order valence-corrected chi connectivity index (χ2v) is 4.75. The Morgan fingerprint density at radius 3 is 2.93 bits per heavy atom. The summed E-state index contributed by atoms with van der Waals surface area (Å²) in [4.78, 5) is 0. The number of rotatable bonds is 4. The number of nitrogens with zero attached hydrogens (tertiary/aromatic N) is 1. The Morgan fingerprint density at radius 1 is 1.47 bits per heavy atom. The van der Waals surface area contributed by atoms with Crippen LogP contribution in [0.2, 0.25) is 0 Å². The molecule has 2 heteroatoms. The van der Waals surface area contributed by atoms with E-state index in [1.54, 1.807) is 0 Å². The molecule has 2 rings (SSSR count). The number of aromatic nitrogens is 1. The van der Waals surface area contributed by atoms with Crippen molar-refractivity contribution in [1.82, 2.24) is 9.88 Å². The van der Waals surface area contributed by atoms with Crippen molar-refractivity contribution >= 4 is 0 Å². The van der Waals surface area contributed by atoms with Gasteiger partial charge in [-0.1, -0.05) is 13.3 Å². The minimum atomic E-state index is 0.745. The summed E-state index contributed by atoms with van der Waals surface area (Å²) in [6.45, 7) is 6.64. The minimum Gasteiger partial charge on any atom is -0.354 e. The molecule has 0 aliphatic heterocycles. The molecule has 1 aliphatic carbocycles. The maximum absolute atomic E-state index is 3.67. The SMILES string of the molecule is CCn1ccc(CNC2CCCC2C)c1. The van der Waals surface area contributed by atoms with Crippen LogP contribution in [-0.4, -0.2) is 10.6 Å². The molecule has 2 nitrogen and oxygen atoms in total. The van der Waals surface area contributed by atoms with E-state index in [2.05, 4.69) is 42.2 Å². The van der Waals surface area contributed by atoms with Crippen LogP contribution in [0.4, 0.5) is 0 Å². The van der Waals surface area contributed by atoms with E-state index >= 15 is 0 Å². The highest BCUT2D eigenvalue weighted by Crippen LogP contribution is 2.24. The lowest BCUT2D eigenvalue weighted by molar-refractivity contribution is 0.426. The van der Waals surface area contributed by atoms with Crippen molar-refractivity contribution in [2.45, 2.75) is 52.2 Å². The van der Waals surface area contributed by atoms with Gasteiger partial charge in [-0.3, -0.25) is 0 Å². The van der Waals surface area contributed by atoms with Crippen molar-refractivity contribution in [3.8, 4) is 0 Å². The zero-order chi connectivity index (χ0) is 10.7. The van der Waals surface area contributed by atoms with Gasteiger partial charge in [0.25, 0.3) is 0 Å². The third-order valence-corrected chi connectivity index (χ3v) is 3.61. The van der Waals surface area contributed by atoms with E-state index in [1.807, 2.05) is 0 Å². The van der Waals surface area contributed by atoms with E-state index in [4.69, 9.17) is 0 Å². The van der Waals surface area contributed by atoms with Crippen LogP contribution in [0.3, 0.4) is 0 Å². The first kappa shape index (κ1) is 10.7. The highest BCUT2D eigenvalue weighted by atomic mass is 15.0. The van der Waals surface area contributed by atoms with Crippen molar-refractivity contribution < 1.29 is 0 Å². The average Bonchev–Trinajstić information content (AvgIpc) is 2.84. The number of hydrogen-bond donors (Lipinski definition) is 1. The van der Waals surface area contributed by atoms with Crippen LogP contribution >= 0.6 is 0 Å². The lowest BCUT2D eigenvalue weighted by Gasteiger charge is -2.16. The van der Waals surface area contributed by atoms with Gasteiger partial charge in [0, 0.05) is 31.5 Å². The molecule has 2 atom stereocenters. The van der Waals surface area contributed by atoms with Crippen molar-refractivity contribution in [2.75, 3.05) is 0 Å². The summed E-state index contributed by atoms with van der Waals surface area (Å²) in [5.41, 5.74) is 1.41. The van der Waals surface area contributed by atoms with Crippen LogP contribution in [-0.2, 0) is 13.1 Å². The van der Waals surface area contributed by atoms with Crippen LogP contribution in [0, 0.1) is 5.92 Å². The van der Waals surface area contributed by atoms with Crippen molar-refractivity contribution in [2.24, 2.45) is 5.92 Å². The molecule has 0 aromatic carbocycles. The van der Waals surface area contributed by atoms with Crippen LogP contribution in [0.25, 0.3) is 0 Å². The maximum atomic E-state index is 3.67. The van der Waals surface area contributed by atoms with E-state index in [-0.39, 0.29) is 0 Å². The smallest absolute Gasteiger partial charge is 0.0223 e. The molecule has 1 aromatic heterocycles. The molecule has 1 heterocycles. The van der Waals surface area contributed by atoms with Crippen LogP contribution in [0.15, 0.2) is 18.5 Å². The third-order valence-electron chi connectivity index (χ3n) is 3.61. The zero-order valence-corrected chi connectivity index (χ0v) is 9.87. The molecule has 1 saturated carbocycles. The topological polar surface area (TPSA) is 17.0 Å². The Balaban J connectivity index is 1.82. The van der Waals surface area contributed by atoms with Gasteiger partial charge in [0.15, 0.2) is 0 Å². The average molecular weight is 206 g/mol. The van der Waals surface area contributed by atoms with Crippen molar-refractivity contribution in [3.63, 3.8) is 0 Å². The summed E-state index contributed by atoms with van der Waals surface area (Å²) in [7, 11) is 0. The fraction of sp³-hybridized carbons (Fsp3) is 0.692. The summed E-state index contributed by atoms with van der Waals surface area (Å²) >= 11 is 0. The molecule has 0 radical (unpaired) electrons. The molecule has 2 unspecified atom stereocenters. The highest BCUT2D eigenvalue weighted by Gasteiger charge is 2.22. The predicted molar refractivity (Wildman–Crippen MR) is 63.7 cm³/mol. The van der Waals surface area contributed by atoms with Gasteiger partial charge in [0.05, 0.1) is 0 Å². The van der Waals surface area contributed by atoms with Gasteiger partial charge < -0.3 is 9.88 Å². The monoisotopic (exact) mass is 206 g/mol. The molecule has 1 aromatic rings. The molecule has 1 N–H and O–H groups in total. The predicted octanol–water partition coefficient (Wildman–Crippen LogP) is 2.79. The Labute approximate surface area is 92.7 Å². The fourth-order valence-corrected chi connectivity index (χ4v) is 2.49. The summed E-state index contributed by atoms with van der Waals surface area (Å²) in [6, 6.07) is 2.96. The normalized spacial score (nSPS) is 26.0. The first-order chi connectivity index (χ1) is 7.29. The van der Waals surface area contributed by atoms with Crippen LogP contribution in [0.5, 0.6) is 0 Å². The Kier molecular flexibility index (Phi) is 3.47. The van der Waals surface area contributed by atoms with E-state index in [9.17, 15) is 0 Å². The standard InChI is InChI=1S/C13H22N2/c1-3-15-8-7-12(10-15)9-14-13-6-4-5-11(13)2/h7-8,10-11,13-14H,3-6,9H2,1-2H3. The van der Waals surface area contributed by atoms with Gasteiger partial charge in [-0.2, -0.15) is 0 Å². The molecule has 0 amide bonds. The molecule has 1 aliphatic rings. The molecule has 15 heavy (non-hydrogen) atoms. The van der Waals surface area contributed by atoms with Gasteiger partial charge >= 0.3 is 0 Å². The Hall–Kier alpha value is -0.760. The summed E-state index contributed by atoms with van der Waals surface area (Å²) in [5.74, 6) is 0.860. The lowest BCUT2D eigenvalue weighted by Crippen LogP contribution is -2.30. The Bertz CT molecular complexity index is 303. The first-order valence-electron chi connectivity index (χ1n) is 6.17. The maximum Gasteiger partial charge on any atom is 0.0223 e. The molecular weight excluding hydrogens is 184 g/mol. The summed E-state index contributed by atoms with van der Waals surface area (Å²) in [5, 5.41) is 3.67. The summed E-state index contributed by atoms with van der Waals surface area (Å²) < 4.78 is 2.23. The highest BCUT2D eigenvalue weighted by molar-refractivity contribution is 5.10. The first-order valence-corrected chi connectivity index (χ1v) is 6.17. The van der Waals surface area contributed by atoms with Crippen LogP contribution in [0.1, 0.15) is 38.7 Å². The largest absolute Gasteiger partial charge is 0.354 e. The van der Waals surface area contributed by atoms with E-state index in [1.165, 1.54) is 24.8 Å². The molecule has 84 valence electrons. The Morgan fingerprint density at radius 2 is 2.33 bits per heavy atom. The van der Waals surface area contributed by atoms with Gasteiger partial charge in [-0.25, -0.2) is 0 Å². The molecule has 0 spiro atoms. The number of aryl methyl sites for hydroxylation is 1. The van der Waals surface area contributed by atoms with Gasteiger partial charge in [-0.05, 0) is 37.3 Å². The van der Waals surface area contributed by atoms with Crippen LogP contribution < -0.4 is 5.32 Å². The van der Waals surface area contributed by atoms with E-state index in [0.29, 0.717) is 0 Å². The number of hydrogen-bond acceptors (Lipinski definition) is 1. The molecule has 0 saturated heterocycles. The van der Waals surface area contributed by atoms with E-state index < -0.39 is 0 Å². The minimum absolute atomic E-state index is 0.745. The zero-order valence-electron chi connectivity index (χ0n) is 9.87. The van der Waals surface area contributed by atoms with Gasteiger partial charge in [0.2, 0.25) is 0 Å². The quantitative estimate of drug-likeness (QED) is 0.801.